The van der Waals surface area contributed by atoms with Gasteiger partial charge in [0, 0.05) is 11.5 Å². The van der Waals surface area contributed by atoms with E-state index in [1.807, 2.05) is 0 Å². The molecule has 0 aliphatic heterocycles. The van der Waals surface area contributed by atoms with Crippen molar-refractivity contribution in [3.63, 3.8) is 0 Å². The fourth-order valence-electron chi connectivity index (χ4n) is 1.33. The second kappa shape index (κ2) is 5.72. The SMILES string of the molecule is CC(/C(N)=N/O)N(C)C(=O)c1cc(Br)ccc1O. The van der Waals surface area contributed by atoms with E-state index >= 15 is 0 Å². The zero-order valence-corrected chi connectivity index (χ0v) is 11.5. The Balaban J connectivity index is 3.03. The maximum absolute atomic E-state index is 12.1. The van der Waals surface area contributed by atoms with Gasteiger partial charge in [-0.15, -0.1) is 0 Å². The average molecular weight is 316 g/mol. The third kappa shape index (κ3) is 2.92. The molecule has 1 aromatic rings. The number of phenolic OH excluding ortho intramolecular Hbond substituents is 1. The van der Waals surface area contributed by atoms with Gasteiger partial charge in [0.05, 0.1) is 11.6 Å². The van der Waals surface area contributed by atoms with Crippen molar-refractivity contribution in [1.29, 1.82) is 0 Å². The minimum atomic E-state index is -0.583. The molecular weight excluding hydrogens is 302 g/mol. The van der Waals surface area contributed by atoms with Gasteiger partial charge < -0.3 is 20.9 Å². The summed E-state index contributed by atoms with van der Waals surface area (Å²) in [4.78, 5) is 13.4. The Labute approximate surface area is 113 Å². The van der Waals surface area contributed by atoms with Gasteiger partial charge in [-0.1, -0.05) is 21.1 Å². The molecule has 1 atom stereocenters. The number of likely N-dealkylation sites (N-methyl/N-ethyl adjacent to an activating group) is 1. The monoisotopic (exact) mass is 315 g/mol. The first-order valence-electron chi connectivity index (χ1n) is 5.11. The van der Waals surface area contributed by atoms with E-state index in [1.54, 1.807) is 13.0 Å². The zero-order valence-electron chi connectivity index (χ0n) is 9.96. The Morgan fingerprint density at radius 2 is 2.17 bits per heavy atom. The summed E-state index contributed by atoms with van der Waals surface area (Å²) in [6, 6.07) is 3.96. The number of rotatable bonds is 3. The van der Waals surface area contributed by atoms with E-state index in [0.29, 0.717) is 4.47 Å². The standard InChI is InChI=1S/C11H14BrN3O3/c1-6(10(13)14-18)15(2)11(17)8-5-7(12)3-4-9(8)16/h3-6,16,18H,1-2H3,(H2,13,14). The van der Waals surface area contributed by atoms with Crippen molar-refractivity contribution >= 4 is 27.7 Å². The molecule has 0 saturated heterocycles. The van der Waals surface area contributed by atoms with Crippen molar-refractivity contribution in [3.05, 3.63) is 28.2 Å². The molecule has 0 bridgehead atoms. The normalized spacial score (nSPS) is 13.2. The summed E-state index contributed by atoms with van der Waals surface area (Å²) < 4.78 is 0.675. The van der Waals surface area contributed by atoms with Crippen LogP contribution in [0.4, 0.5) is 0 Å². The summed E-state index contributed by atoms with van der Waals surface area (Å²) >= 11 is 3.22. The number of halogens is 1. The second-order valence-corrected chi connectivity index (χ2v) is 4.69. The predicted molar refractivity (Wildman–Crippen MR) is 70.8 cm³/mol. The van der Waals surface area contributed by atoms with Crippen LogP contribution in [0.15, 0.2) is 27.8 Å². The minimum Gasteiger partial charge on any atom is -0.507 e. The van der Waals surface area contributed by atoms with Crippen molar-refractivity contribution in [1.82, 2.24) is 4.90 Å². The fourth-order valence-corrected chi connectivity index (χ4v) is 1.69. The van der Waals surface area contributed by atoms with Crippen molar-refractivity contribution in [2.45, 2.75) is 13.0 Å². The Morgan fingerprint density at radius 1 is 1.56 bits per heavy atom. The Bertz CT molecular complexity index is 490. The second-order valence-electron chi connectivity index (χ2n) is 3.78. The molecule has 0 spiro atoms. The number of carbonyl (C=O) groups excluding carboxylic acids is 1. The fraction of sp³-hybridized carbons (Fsp3) is 0.273. The maximum Gasteiger partial charge on any atom is 0.258 e. The Hall–Kier alpha value is -1.76. The number of aromatic hydroxyl groups is 1. The van der Waals surface area contributed by atoms with Gasteiger partial charge in [-0.05, 0) is 25.1 Å². The van der Waals surface area contributed by atoms with Gasteiger partial charge in [0.1, 0.15) is 5.75 Å². The summed E-state index contributed by atoms with van der Waals surface area (Å²) in [6.45, 7) is 1.61. The van der Waals surface area contributed by atoms with Crippen molar-refractivity contribution in [2.24, 2.45) is 10.9 Å². The van der Waals surface area contributed by atoms with Crippen LogP contribution in [0.2, 0.25) is 0 Å². The van der Waals surface area contributed by atoms with Crippen LogP contribution in [0, 0.1) is 0 Å². The van der Waals surface area contributed by atoms with Crippen LogP contribution in [0.25, 0.3) is 0 Å². The van der Waals surface area contributed by atoms with E-state index in [4.69, 9.17) is 10.9 Å². The predicted octanol–water partition coefficient (Wildman–Crippen LogP) is 1.36. The minimum absolute atomic E-state index is 0.0830. The van der Waals surface area contributed by atoms with Gasteiger partial charge in [-0.2, -0.15) is 0 Å². The molecule has 1 amide bonds. The lowest BCUT2D eigenvalue weighted by molar-refractivity contribution is 0.0773. The van der Waals surface area contributed by atoms with Crippen molar-refractivity contribution in [3.8, 4) is 5.75 Å². The molecule has 1 rings (SSSR count). The van der Waals surface area contributed by atoms with Crippen LogP contribution in [0.3, 0.4) is 0 Å². The van der Waals surface area contributed by atoms with Crippen LogP contribution in [-0.2, 0) is 0 Å². The number of oxime groups is 1. The van der Waals surface area contributed by atoms with E-state index in [2.05, 4.69) is 21.1 Å². The zero-order chi connectivity index (χ0) is 13.9. The number of nitrogens with zero attached hydrogens (tertiary/aromatic N) is 2. The summed E-state index contributed by atoms with van der Waals surface area (Å²) in [5, 5.41) is 21.1. The molecule has 7 heteroatoms. The smallest absolute Gasteiger partial charge is 0.258 e. The topological polar surface area (TPSA) is 99.2 Å². The van der Waals surface area contributed by atoms with Crippen LogP contribution >= 0.6 is 15.9 Å². The lowest BCUT2D eigenvalue weighted by atomic mass is 10.1. The highest BCUT2D eigenvalue weighted by Gasteiger charge is 2.22. The molecule has 0 aliphatic rings. The van der Waals surface area contributed by atoms with E-state index < -0.39 is 11.9 Å². The van der Waals surface area contributed by atoms with Gasteiger partial charge in [0.15, 0.2) is 5.84 Å². The van der Waals surface area contributed by atoms with Crippen LogP contribution < -0.4 is 5.73 Å². The van der Waals surface area contributed by atoms with Gasteiger partial charge in [-0.3, -0.25) is 4.79 Å². The summed E-state index contributed by atoms with van der Waals surface area (Å²) in [5.41, 5.74) is 5.58. The number of carbonyl (C=O) groups is 1. The molecule has 0 heterocycles. The number of amidine groups is 1. The molecule has 1 unspecified atom stereocenters. The first-order valence-corrected chi connectivity index (χ1v) is 5.91. The Kier molecular flexibility index (Phi) is 4.55. The third-order valence-corrected chi connectivity index (χ3v) is 3.13. The highest BCUT2D eigenvalue weighted by Crippen LogP contribution is 2.23. The summed E-state index contributed by atoms with van der Waals surface area (Å²) in [5.74, 6) is -0.630. The average Bonchev–Trinajstić information content (AvgIpc) is 2.38. The van der Waals surface area contributed by atoms with E-state index in [1.165, 1.54) is 24.1 Å². The molecule has 98 valence electrons. The first-order chi connectivity index (χ1) is 8.38. The largest absolute Gasteiger partial charge is 0.507 e. The number of amides is 1. The highest BCUT2D eigenvalue weighted by atomic mass is 79.9. The van der Waals surface area contributed by atoms with Crippen LogP contribution in [0.5, 0.6) is 5.75 Å². The summed E-state index contributed by atoms with van der Waals surface area (Å²) in [6.07, 6.45) is 0. The molecule has 6 nitrogen and oxygen atoms in total. The van der Waals surface area contributed by atoms with E-state index in [9.17, 15) is 9.90 Å². The maximum atomic E-state index is 12.1. The first kappa shape index (κ1) is 14.3. The van der Waals surface area contributed by atoms with Gasteiger partial charge >= 0.3 is 0 Å². The molecule has 0 saturated carbocycles. The van der Waals surface area contributed by atoms with Crippen molar-refractivity contribution in [2.75, 3.05) is 7.05 Å². The highest BCUT2D eigenvalue weighted by molar-refractivity contribution is 9.10. The van der Waals surface area contributed by atoms with Crippen LogP contribution in [-0.4, -0.2) is 40.0 Å². The molecule has 0 aliphatic carbocycles. The van der Waals surface area contributed by atoms with E-state index in [-0.39, 0.29) is 17.1 Å². The molecule has 0 fully saturated rings. The van der Waals surface area contributed by atoms with Crippen LogP contribution in [0.1, 0.15) is 17.3 Å². The van der Waals surface area contributed by atoms with E-state index in [0.717, 1.165) is 0 Å². The molecule has 0 aromatic heterocycles. The Morgan fingerprint density at radius 3 is 2.72 bits per heavy atom. The lowest BCUT2D eigenvalue weighted by Crippen LogP contribution is -2.43. The molecule has 18 heavy (non-hydrogen) atoms. The third-order valence-electron chi connectivity index (χ3n) is 2.63. The van der Waals surface area contributed by atoms with Crippen molar-refractivity contribution < 1.29 is 15.1 Å². The van der Waals surface area contributed by atoms with Gasteiger partial charge in [-0.25, -0.2) is 0 Å². The quantitative estimate of drug-likeness (QED) is 0.339. The number of hydrogen-bond acceptors (Lipinski definition) is 4. The summed E-state index contributed by atoms with van der Waals surface area (Å²) in [7, 11) is 1.51. The lowest BCUT2D eigenvalue weighted by Gasteiger charge is -2.24. The molecule has 4 N–H and O–H groups in total. The molecule has 1 aromatic carbocycles. The number of benzene rings is 1. The molecular formula is C11H14BrN3O3. The van der Waals surface area contributed by atoms with Gasteiger partial charge in [0.2, 0.25) is 0 Å². The number of phenols is 1. The van der Waals surface area contributed by atoms with Gasteiger partial charge in [0.25, 0.3) is 5.91 Å². The number of nitrogens with two attached hydrogens (primary N) is 1. The molecule has 0 radical (unpaired) electrons. The number of hydrogen-bond donors (Lipinski definition) is 3.